The first-order chi connectivity index (χ1) is 11.7. The van der Waals surface area contributed by atoms with E-state index in [0.29, 0.717) is 23.1 Å². The summed E-state index contributed by atoms with van der Waals surface area (Å²) in [5, 5.41) is 17.6. The normalized spacial score (nSPS) is 10.6. The first kappa shape index (κ1) is 15.9. The first-order valence-electron chi connectivity index (χ1n) is 7.61. The molecule has 0 unspecified atom stereocenters. The van der Waals surface area contributed by atoms with Gasteiger partial charge in [0.1, 0.15) is 5.75 Å². The van der Waals surface area contributed by atoms with Gasteiger partial charge in [-0.15, -0.1) is 10.2 Å². The van der Waals surface area contributed by atoms with Gasteiger partial charge in [0.25, 0.3) is 5.89 Å². The van der Waals surface area contributed by atoms with Crippen molar-refractivity contribution in [1.82, 2.24) is 10.2 Å². The van der Waals surface area contributed by atoms with Gasteiger partial charge in [-0.05, 0) is 36.2 Å². The van der Waals surface area contributed by atoms with Crippen molar-refractivity contribution in [2.45, 2.75) is 20.0 Å². The number of phenols is 1. The summed E-state index contributed by atoms with van der Waals surface area (Å²) in [5.41, 5.74) is 1.79. The second-order valence-corrected chi connectivity index (χ2v) is 5.14. The quantitative estimate of drug-likeness (QED) is 0.746. The molecule has 0 aliphatic rings. The SMILES string of the molecule is CCc1ccccc1OCc1nnc(-c2ccc(O)c(OC)c2)o1. The van der Waals surface area contributed by atoms with Crippen LogP contribution in [-0.4, -0.2) is 22.4 Å². The number of rotatable bonds is 6. The van der Waals surface area contributed by atoms with Crippen LogP contribution in [0, 0.1) is 0 Å². The number of aryl methyl sites for hydroxylation is 1. The van der Waals surface area contributed by atoms with Gasteiger partial charge in [-0.3, -0.25) is 0 Å². The van der Waals surface area contributed by atoms with Crippen LogP contribution in [-0.2, 0) is 13.0 Å². The maximum atomic E-state index is 9.64. The van der Waals surface area contributed by atoms with Gasteiger partial charge in [0.15, 0.2) is 18.1 Å². The summed E-state index contributed by atoms with van der Waals surface area (Å²) in [6, 6.07) is 12.7. The molecule has 0 saturated carbocycles. The number of phenolic OH excluding ortho intramolecular Hbond substituents is 1. The molecule has 0 aliphatic heterocycles. The molecule has 0 aliphatic carbocycles. The summed E-state index contributed by atoms with van der Waals surface area (Å²) >= 11 is 0. The summed E-state index contributed by atoms with van der Waals surface area (Å²) in [7, 11) is 1.48. The highest BCUT2D eigenvalue weighted by atomic mass is 16.5. The van der Waals surface area contributed by atoms with Crippen LogP contribution in [0.4, 0.5) is 0 Å². The molecular weight excluding hydrogens is 308 g/mol. The van der Waals surface area contributed by atoms with E-state index in [1.54, 1.807) is 12.1 Å². The molecule has 0 spiro atoms. The second kappa shape index (κ2) is 7.04. The van der Waals surface area contributed by atoms with Gasteiger partial charge in [0.2, 0.25) is 5.89 Å². The van der Waals surface area contributed by atoms with Crippen molar-refractivity contribution >= 4 is 0 Å². The zero-order valence-electron chi connectivity index (χ0n) is 13.5. The summed E-state index contributed by atoms with van der Waals surface area (Å²) < 4.78 is 16.5. The first-order valence-corrected chi connectivity index (χ1v) is 7.61. The summed E-state index contributed by atoms with van der Waals surface area (Å²) in [6.45, 7) is 2.27. The molecule has 3 rings (SSSR count). The predicted octanol–water partition coefficient (Wildman–Crippen LogP) is 3.59. The van der Waals surface area contributed by atoms with Gasteiger partial charge in [-0.2, -0.15) is 0 Å². The van der Waals surface area contributed by atoms with Crippen molar-refractivity contribution in [1.29, 1.82) is 0 Å². The Morgan fingerprint density at radius 2 is 1.92 bits per heavy atom. The van der Waals surface area contributed by atoms with Crippen LogP contribution in [0.15, 0.2) is 46.9 Å². The zero-order valence-corrected chi connectivity index (χ0v) is 13.5. The van der Waals surface area contributed by atoms with E-state index in [2.05, 4.69) is 17.1 Å². The Balaban J connectivity index is 1.74. The van der Waals surface area contributed by atoms with Gasteiger partial charge in [-0.1, -0.05) is 25.1 Å². The van der Waals surface area contributed by atoms with Crippen LogP contribution in [0.5, 0.6) is 17.2 Å². The van der Waals surface area contributed by atoms with Crippen molar-refractivity contribution in [2.24, 2.45) is 0 Å². The van der Waals surface area contributed by atoms with E-state index in [1.165, 1.54) is 13.2 Å². The van der Waals surface area contributed by atoms with Crippen LogP contribution in [0.1, 0.15) is 18.4 Å². The highest BCUT2D eigenvalue weighted by Gasteiger charge is 2.12. The number of ether oxygens (including phenoxy) is 2. The lowest BCUT2D eigenvalue weighted by Gasteiger charge is -2.07. The Kier molecular flexibility index (Phi) is 4.65. The number of para-hydroxylation sites is 1. The van der Waals surface area contributed by atoms with Crippen LogP contribution < -0.4 is 9.47 Å². The van der Waals surface area contributed by atoms with Gasteiger partial charge < -0.3 is 19.0 Å². The van der Waals surface area contributed by atoms with Crippen molar-refractivity contribution < 1.29 is 19.0 Å². The number of benzene rings is 2. The molecule has 124 valence electrons. The van der Waals surface area contributed by atoms with Gasteiger partial charge in [-0.25, -0.2) is 0 Å². The van der Waals surface area contributed by atoms with Gasteiger partial charge >= 0.3 is 0 Å². The molecule has 6 nitrogen and oxygen atoms in total. The Bertz CT molecular complexity index is 829. The van der Waals surface area contributed by atoms with Crippen LogP contribution >= 0.6 is 0 Å². The molecule has 2 aromatic carbocycles. The molecule has 24 heavy (non-hydrogen) atoms. The van der Waals surface area contributed by atoms with Crippen LogP contribution in [0.25, 0.3) is 11.5 Å². The highest BCUT2D eigenvalue weighted by Crippen LogP contribution is 2.31. The number of methoxy groups -OCH3 is 1. The molecule has 0 bridgehead atoms. The molecule has 0 radical (unpaired) electrons. The minimum atomic E-state index is 0.0560. The molecule has 3 aromatic rings. The molecule has 1 heterocycles. The number of aromatic hydroxyl groups is 1. The van der Waals surface area contributed by atoms with E-state index in [9.17, 15) is 5.11 Å². The minimum Gasteiger partial charge on any atom is -0.504 e. The van der Waals surface area contributed by atoms with Crippen LogP contribution in [0.2, 0.25) is 0 Å². The van der Waals surface area contributed by atoms with Crippen molar-refractivity contribution in [2.75, 3.05) is 7.11 Å². The smallest absolute Gasteiger partial charge is 0.254 e. The average Bonchev–Trinajstić information content (AvgIpc) is 3.09. The monoisotopic (exact) mass is 326 g/mol. The number of hydrogen-bond donors (Lipinski definition) is 1. The predicted molar refractivity (Wildman–Crippen MR) is 88.1 cm³/mol. The highest BCUT2D eigenvalue weighted by molar-refractivity contribution is 5.59. The Morgan fingerprint density at radius 1 is 1.08 bits per heavy atom. The zero-order chi connectivity index (χ0) is 16.9. The molecule has 0 atom stereocenters. The summed E-state index contributed by atoms with van der Waals surface area (Å²) in [4.78, 5) is 0. The Labute approximate surface area is 139 Å². The van der Waals surface area contributed by atoms with Crippen molar-refractivity contribution in [3.05, 3.63) is 53.9 Å². The second-order valence-electron chi connectivity index (χ2n) is 5.14. The molecule has 6 heteroatoms. The third-order valence-corrected chi connectivity index (χ3v) is 3.60. The van der Waals surface area contributed by atoms with E-state index < -0.39 is 0 Å². The van der Waals surface area contributed by atoms with Gasteiger partial charge in [0, 0.05) is 5.56 Å². The Morgan fingerprint density at radius 3 is 2.71 bits per heavy atom. The Hall–Kier alpha value is -3.02. The molecular formula is C18H18N2O4. The third kappa shape index (κ3) is 3.32. The molecule has 0 amide bonds. The molecule has 0 fully saturated rings. The fourth-order valence-electron chi connectivity index (χ4n) is 2.32. The van der Waals surface area contributed by atoms with E-state index in [0.717, 1.165) is 17.7 Å². The van der Waals surface area contributed by atoms with Crippen LogP contribution in [0.3, 0.4) is 0 Å². The van der Waals surface area contributed by atoms with E-state index in [4.69, 9.17) is 13.9 Å². The van der Waals surface area contributed by atoms with Crippen molar-refractivity contribution in [3.8, 4) is 28.7 Å². The topological polar surface area (TPSA) is 77.6 Å². The molecule has 1 N–H and O–H groups in total. The lowest BCUT2D eigenvalue weighted by Crippen LogP contribution is -1.98. The van der Waals surface area contributed by atoms with E-state index >= 15 is 0 Å². The fraction of sp³-hybridized carbons (Fsp3) is 0.222. The average molecular weight is 326 g/mol. The summed E-state index contributed by atoms with van der Waals surface area (Å²) in [6.07, 6.45) is 0.887. The molecule has 1 aromatic heterocycles. The fourth-order valence-corrected chi connectivity index (χ4v) is 2.32. The maximum absolute atomic E-state index is 9.64. The largest absolute Gasteiger partial charge is 0.504 e. The lowest BCUT2D eigenvalue weighted by molar-refractivity contribution is 0.262. The van der Waals surface area contributed by atoms with Gasteiger partial charge in [0.05, 0.1) is 7.11 Å². The maximum Gasteiger partial charge on any atom is 0.254 e. The number of nitrogens with zero attached hydrogens (tertiary/aromatic N) is 2. The number of aromatic nitrogens is 2. The van der Waals surface area contributed by atoms with E-state index in [-0.39, 0.29) is 12.4 Å². The lowest BCUT2D eigenvalue weighted by atomic mass is 10.1. The number of hydrogen-bond acceptors (Lipinski definition) is 6. The van der Waals surface area contributed by atoms with E-state index in [1.807, 2.05) is 24.3 Å². The van der Waals surface area contributed by atoms with Crippen molar-refractivity contribution in [3.63, 3.8) is 0 Å². The summed E-state index contributed by atoms with van der Waals surface area (Å²) in [5.74, 6) is 1.94. The molecule has 0 saturated heterocycles. The minimum absolute atomic E-state index is 0.0560. The standard InChI is InChI=1S/C18H18N2O4/c1-3-12-6-4-5-7-15(12)23-11-17-19-20-18(24-17)13-8-9-14(21)16(10-13)22-2/h4-10,21H,3,11H2,1-2H3. The third-order valence-electron chi connectivity index (χ3n) is 3.60.